The minimum atomic E-state index is -0.544. The Hall–Kier alpha value is -3.77. The van der Waals surface area contributed by atoms with Crippen molar-refractivity contribution >= 4 is 22.6 Å². The van der Waals surface area contributed by atoms with Gasteiger partial charge in [0, 0.05) is 5.02 Å². The minimum Gasteiger partial charge on any atom is -0.390 e. The number of aromatic nitrogens is 5. The molecule has 34 heavy (non-hydrogen) atoms. The number of hydrogen-bond acceptors (Lipinski definition) is 7. The van der Waals surface area contributed by atoms with Crippen molar-refractivity contribution in [2.24, 2.45) is 0 Å². The molecular formula is C24H23ClN6O3. The second-order valence-corrected chi connectivity index (χ2v) is 8.33. The molecule has 0 unspecified atom stereocenters. The summed E-state index contributed by atoms with van der Waals surface area (Å²) in [5, 5.41) is 14.4. The van der Waals surface area contributed by atoms with Crippen LogP contribution in [-0.4, -0.2) is 24.3 Å². The first-order chi connectivity index (χ1) is 16.4. The van der Waals surface area contributed by atoms with Crippen LogP contribution in [0.4, 0.5) is 0 Å². The maximum Gasteiger partial charge on any atom is 0.437 e. The summed E-state index contributed by atoms with van der Waals surface area (Å²) in [5.74, 6) is -0.0734. The predicted molar refractivity (Wildman–Crippen MR) is 127 cm³/mol. The van der Waals surface area contributed by atoms with Crippen LogP contribution in [0.15, 0.2) is 50.7 Å². The normalized spacial score (nSPS) is 16.9. The van der Waals surface area contributed by atoms with Crippen LogP contribution >= 0.6 is 11.6 Å². The third-order valence-corrected chi connectivity index (χ3v) is 6.08. The molecule has 0 bridgehead atoms. The van der Waals surface area contributed by atoms with Crippen LogP contribution in [0.3, 0.4) is 0 Å². The van der Waals surface area contributed by atoms with E-state index in [9.17, 15) is 9.59 Å². The van der Waals surface area contributed by atoms with Crippen LogP contribution < -0.4 is 11.3 Å². The molecule has 0 radical (unpaired) electrons. The summed E-state index contributed by atoms with van der Waals surface area (Å²) in [4.78, 5) is 33.5. The Labute approximate surface area is 200 Å². The number of hydrogen-bond donors (Lipinski definition) is 0. The first-order valence-electron chi connectivity index (χ1n) is 11.0. The van der Waals surface area contributed by atoms with Crippen molar-refractivity contribution in [1.29, 1.82) is 5.26 Å². The maximum atomic E-state index is 12.9. The molecule has 0 aliphatic heterocycles. The number of halogens is 1. The smallest absolute Gasteiger partial charge is 0.390 e. The van der Waals surface area contributed by atoms with Gasteiger partial charge in [-0.05, 0) is 55.0 Å². The van der Waals surface area contributed by atoms with Crippen molar-refractivity contribution in [3.63, 3.8) is 0 Å². The van der Waals surface area contributed by atoms with E-state index in [1.807, 2.05) is 44.2 Å². The van der Waals surface area contributed by atoms with Crippen molar-refractivity contribution < 1.29 is 4.42 Å². The van der Waals surface area contributed by atoms with Gasteiger partial charge in [-0.2, -0.15) is 9.94 Å². The van der Waals surface area contributed by atoms with E-state index in [0.717, 1.165) is 12.8 Å². The molecule has 0 atom stereocenters. The van der Waals surface area contributed by atoms with Gasteiger partial charge in [-0.3, -0.25) is 9.36 Å². The average molecular weight is 479 g/mol. The second-order valence-electron chi connectivity index (χ2n) is 7.89. The molecule has 1 aromatic carbocycles. The summed E-state index contributed by atoms with van der Waals surface area (Å²) in [6, 6.07) is 11.1. The molecule has 9 nitrogen and oxygen atoms in total. The molecule has 1 saturated carbocycles. The van der Waals surface area contributed by atoms with Crippen LogP contribution in [0.1, 0.15) is 61.4 Å². The van der Waals surface area contributed by atoms with Crippen LogP contribution in [0, 0.1) is 18.3 Å². The van der Waals surface area contributed by atoms with E-state index in [1.165, 1.54) is 27.2 Å². The van der Waals surface area contributed by atoms with Gasteiger partial charge in [0.25, 0.3) is 5.56 Å². The number of nitriles is 1. The van der Waals surface area contributed by atoms with Gasteiger partial charge >= 0.3 is 5.76 Å². The topological polar surface area (TPSA) is 120 Å². The molecule has 5 rings (SSSR count). The fourth-order valence-electron chi connectivity index (χ4n) is 4.07. The highest BCUT2D eigenvalue weighted by Gasteiger charge is 2.34. The molecule has 174 valence electrons. The Bertz CT molecular complexity index is 1490. The molecule has 1 aliphatic rings. The fraction of sp³-hybridized carbons (Fsp3) is 0.333. The van der Waals surface area contributed by atoms with Crippen LogP contribution in [0.2, 0.25) is 5.02 Å². The summed E-state index contributed by atoms with van der Waals surface area (Å²) in [6.45, 7) is 5.69. The van der Waals surface area contributed by atoms with Crippen molar-refractivity contribution in [2.75, 3.05) is 0 Å². The van der Waals surface area contributed by atoms with E-state index in [0.29, 0.717) is 21.9 Å². The highest BCUT2D eigenvalue weighted by Crippen LogP contribution is 2.43. The van der Waals surface area contributed by atoms with Crippen LogP contribution in [0.25, 0.3) is 11.0 Å². The van der Waals surface area contributed by atoms with E-state index < -0.39 is 5.76 Å². The molecule has 3 aromatic heterocycles. The number of pyridine rings is 1. The lowest BCUT2D eigenvalue weighted by molar-refractivity contribution is 0.233. The van der Waals surface area contributed by atoms with Gasteiger partial charge in [0.2, 0.25) is 5.89 Å². The van der Waals surface area contributed by atoms with E-state index >= 15 is 0 Å². The van der Waals surface area contributed by atoms with Crippen molar-refractivity contribution in [3.05, 3.63) is 85.3 Å². The van der Waals surface area contributed by atoms with E-state index in [-0.39, 0.29) is 35.4 Å². The first-order valence-corrected chi connectivity index (χ1v) is 11.4. The third-order valence-electron chi connectivity index (χ3n) is 5.82. The predicted octanol–water partition coefficient (Wildman–Crippen LogP) is 3.97. The lowest BCUT2D eigenvalue weighted by Crippen LogP contribution is -2.31. The van der Waals surface area contributed by atoms with Crippen molar-refractivity contribution in [3.8, 4) is 6.07 Å². The highest BCUT2D eigenvalue weighted by molar-refractivity contribution is 6.30. The lowest BCUT2D eigenvalue weighted by atomic mass is 9.76. The highest BCUT2D eigenvalue weighted by atomic mass is 35.5. The summed E-state index contributed by atoms with van der Waals surface area (Å²) < 4.78 is 7.97. The molecule has 4 aromatic rings. The molecule has 10 heteroatoms. The molecule has 0 amide bonds. The van der Waals surface area contributed by atoms with Gasteiger partial charge in [-0.25, -0.2) is 14.8 Å². The number of nitrogens with zero attached hydrogens (tertiary/aromatic N) is 6. The van der Waals surface area contributed by atoms with Crippen LogP contribution in [0.5, 0.6) is 0 Å². The Balaban J connectivity index is 0.00000133. The standard InChI is InChI=1S/C22H17ClN6O3.C2H6/c1-12-6-16(9-24)26-20-19(12)21(30)28(11-25-20)10-18-27-29(22(31)32-18)17-7-14(8-17)13-2-4-15(23)5-3-13;1-2/h2-6,11,14,17H,7-8,10H2,1H3;1-2H3. The van der Waals surface area contributed by atoms with Gasteiger partial charge in [0.1, 0.15) is 24.6 Å². The number of rotatable bonds is 4. The summed E-state index contributed by atoms with van der Waals surface area (Å²) in [6.07, 6.45) is 2.87. The lowest BCUT2D eigenvalue weighted by Gasteiger charge is -2.34. The zero-order chi connectivity index (χ0) is 24.4. The summed E-state index contributed by atoms with van der Waals surface area (Å²) in [7, 11) is 0. The van der Waals surface area contributed by atoms with Crippen LogP contribution in [-0.2, 0) is 6.54 Å². The van der Waals surface area contributed by atoms with Gasteiger partial charge < -0.3 is 4.42 Å². The minimum absolute atomic E-state index is 0.0310. The Morgan fingerprint density at radius 2 is 1.91 bits per heavy atom. The van der Waals surface area contributed by atoms with E-state index in [4.69, 9.17) is 21.3 Å². The zero-order valence-corrected chi connectivity index (χ0v) is 19.8. The largest absolute Gasteiger partial charge is 0.437 e. The monoisotopic (exact) mass is 478 g/mol. The SMILES string of the molecule is CC.Cc1cc(C#N)nc2ncn(Cc3nn(C4CC(c5ccc(Cl)cc5)C4)c(=O)o3)c(=O)c12. The molecule has 0 saturated heterocycles. The summed E-state index contributed by atoms with van der Waals surface area (Å²) >= 11 is 5.94. The number of benzene rings is 1. The maximum absolute atomic E-state index is 12.9. The molecule has 3 heterocycles. The Morgan fingerprint density at radius 1 is 1.21 bits per heavy atom. The molecular weight excluding hydrogens is 456 g/mol. The van der Waals surface area contributed by atoms with Crippen molar-refractivity contribution in [1.82, 2.24) is 24.3 Å². The quantitative estimate of drug-likeness (QED) is 0.435. The zero-order valence-electron chi connectivity index (χ0n) is 19.0. The fourth-order valence-corrected chi connectivity index (χ4v) is 4.19. The molecule has 1 aliphatic carbocycles. The first kappa shape index (κ1) is 23.4. The van der Waals surface area contributed by atoms with Gasteiger partial charge in [0.05, 0.1) is 11.4 Å². The molecule has 1 fully saturated rings. The van der Waals surface area contributed by atoms with Gasteiger partial charge in [-0.1, -0.05) is 37.6 Å². The van der Waals surface area contributed by atoms with E-state index in [2.05, 4.69) is 15.1 Å². The van der Waals surface area contributed by atoms with E-state index in [1.54, 1.807) is 6.92 Å². The summed E-state index contributed by atoms with van der Waals surface area (Å²) in [5.41, 5.74) is 1.85. The Morgan fingerprint density at radius 3 is 2.59 bits per heavy atom. The molecule has 0 N–H and O–H groups in total. The van der Waals surface area contributed by atoms with Gasteiger partial charge in [-0.15, -0.1) is 5.10 Å². The number of fused-ring (bicyclic) bond motifs is 1. The van der Waals surface area contributed by atoms with Gasteiger partial charge in [0.15, 0.2) is 5.65 Å². The second kappa shape index (κ2) is 9.61. The Kier molecular flexibility index (Phi) is 6.61. The third kappa shape index (κ3) is 4.37. The number of aryl methyl sites for hydroxylation is 1. The average Bonchev–Trinajstić information content (AvgIpc) is 3.16. The van der Waals surface area contributed by atoms with Crippen molar-refractivity contribution in [2.45, 2.75) is 52.1 Å². The molecule has 0 spiro atoms.